The van der Waals surface area contributed by atoms with E-state index >= 15 is 0 Å². The number of hydrogen-bond donors (Lipinski definition) is 2. The van der Waals surface area contributed by atoms with E-state index in [-0.39, 0.29) is 16.9 Å². The predicted molar refractivity (Wildman–Crippen MR) is 111 cm³/mol. The van der Waals surface area contributed by atoms with Gasteiger partial charge in [0, 0.05) is 24.4 Å². The number of carbonyl (C=O) groups excluding carboxylic acids is 2. The normalized spacial score (nSPS) is 24.2. The van der Waals surface area contributed by atoms with Crippen molar-refractivity contribution < 1.29 is 46.2 Å². The smallest absolute Gasteiger partial charge is 0.417 e. The maximum Gasteiger partial charge on any atom is 0.417 e. The quantitative estimate of drug-likeness (QED) is 0.365. The Morgan fingerprint density at radius 3 is 2.40 bits per heavy atom. The minimum absolute atomic E-state index is 0.0139. The van der Waals surface area contributed by atoms with Crippen molar-refractivity contribution >= 4 is 17.5 Å². The van der Waals surface area contributed by atoms with E-state index in [9.17, 15) is 36.7 Å². The topological polar surface area (TPSA) is 101 Å². The van der Waals surface area contributed by atoms with Gasteiger partial charge in [0.2, 0.25) is 5.82 Å². The average Bonchev–Trinajstić information content (AvgIpc) is 3.07. The zero-order valence-corrected chi connectivity index (χ0v) is 19.0. The highest BCUT2D eigenvalue weighted by Gasteiger charge is 2.65. The lowest BCUT2D eigenvalue weighted by Gasteiger charge is -2.32. The first-order valence-corrected chi connectivity index (χ1v) is 10.2. The molecule has 1 aliphatic rings. The zero-order chi connectivity index (χ0) is 26.3. The van der Waals surface area contributed by atoms with Gasteiger partial charge in [0.05, 0.1) is 19.0 Å². The summed E-state index contributed by atoms with van der Waals surface area (Å²) < 4.78 is 80.2. The van der Waals surface area contributed by atoms with E-state index in [2.05, 4.69) is 10.3 Å². The molecule has 35 heavy (non-hydrogen) atoms. The van der Waals surface area contributed by atoms with Crippen LogP contribution in [0.25, 0.3) is 0 Å². The van der Waals surface area contributed by atoms with E-state index in [1.807, 2.05) is 0 Å². The van der Waals surface area contributed by atoms with Crippen LogP contribution in [0.4, 0.5) is 27.6 Å². The first-order valence-electron chi connectivity index (χ1n) is 10.2. The Morgan fingerprint density at radius 1 is 1.23 bits per heavy atom. The number of amides is 2. The second-order valence-corrected chi connectivity index (χ2v) is 8.19. The molecular weight excluding hydrogens is 481 g/mol. The van der Waals surface area contributed by atoms with E-state index < -0.39 is 58.9 Å². The second-order valence-electron chi connectivity index (χ2n) is 8.19. The molecule has 1 aromatic heterocycles. The summed E-state index contributed by atoms with van der Waals surface area (Å²) >= 11 is 0. The third kappa shape index (κ3) is 4.65. The van der Waals surface area contributed by atoms with Crippen LogP contribution in [0.5, 0.6) is 5.75 Å². The highest BCUT2D eigenvalue weighted by Crippen LogP contribution is 2.55. The van der Waals surface area contributed by atoms with Gasteiger partial charge in [-0.1, -0.05) is 13.0 Å². The summed E-state index contributed by atoms with van der Waals surface area (Å²) in [6.07, 6.45) is -5.62. The van der Waals surface area contributed by atoms with Crippen molar-refractivity contribution in [2.75, 3.05) is 19.5 Å². The highest BCUT2D eigenvalue weighted by molar-refractivity contribution is 5.96. The van der Waals surface area contributed by atoms with Crippen LogP contribution in [0.3, 0.4) is 0 Å². The molecule has 0 unspecified atom stereocenters. The summed E-state index contributed by atoms with van der Waals surface area (Å²) in [7, 11) is 2.11. The Hall–Kier alpha value is -3.32. The molecule has 0 saturated carbocycles. The van der Waals surface area contributed by atoms with Crippen LogP contribution in [0.2, 0.25) is 0 Å². The molecule has 0 bridgehead atoms. The first kappa shape index (κ1) is 26.3. The van der Waals surface area contributed by atoms with Crippen molar-refractivity contribution in [3.63, 3.8) is 0 Å². The first-order chi connectivity index (χ1) is 16.2. The van der Waals surface area contributed by atoms with Crippen molar-refractivity contribution in [2.24, 2.45) is 5.92 Å². The molecule has 1 fully saturated rings. The number of anilines is 1. The molecule has 2 amide bonds. The highest BCUT2D eigenvalue weighted by atomic mass is 19.4. The van der Waals surface area contributed by atoms with Gasteiger partial charge >= 0.3 is 6.18 Å². The van der Waals surface area contributed by atoms with Crippen LogP contribution in [-0.4, -0.2) is 59.1 Å². The van der Waals surface area contributed by atoms with Crippen LogP contribution in [-0.2, 0) is 9.53 Å². The number of hydrogen-bond acceptors (Lipinski definition) is 6. The maximum absolute atomic E-state index is 14.4. The standard InChI is InChI=1S/C22H22F5N3O5/c1-10-15(12-6-7-13(23)16(24)17(12)34-4)18(35-21(10,2)22(25,26)27)19(31)29-11-5-8-14(28-9-11)20(32)30(3)33/h5-10,15,18,33H,1-4H3,(H,29,31)/t10-,15-,18+,21+/m0/s1. The molecule has 8 nitrogen and oxygen atoms in total. The molecule has 0 aliphatic carbocycles. The molecule has 1 saturated heterocycles. The number of carbonyl (C=O) groups is 2. The lowest BCUT2D eigenvalue weighted by atomic mass is 9.77. The number of alkyl halides is 3. The number of aromatic nitrogens is 1. The minimum atomic E-state index is -4.90. The number of halogens is 5. The third-order valence-electron chi connectivity index (χ3n) is 6.11. The molecule has 2 heterocycles. The van der Waals surface area contributed by atoms with Crippen LogP contribution in [0.15, 0.2) is 30.5 Å². The van der Waals surface area contributed by atoms with E-state index in [0.29, 0.717) is 5.06 Å². The molecule has 4 atom stereocenters. The molecule has 190 valence electrons. The SMILES string of the molecule is COc1c([C@H]2[C@H](C(=O)Nc3ccc(C(=O)N(C)O)nc3)O[C@@](C)(C(F)(F)F)[C@H]2C)ccc(F)c1F. The van der Waals surface area contributed by atoms with E-state index in [4.69, 9.17) is 9.47 Å². The van der Waals surface area contributed by atoms with E-state index in [1.54, 1.807) is 0 Å². The number of benzene rings is 1. The van der Waals surface area contributed by atoms with Gasteiger partial charge in [-0.05, 0) is 25.1 Å². The van der Waals surface area contributed by atoms with Crippen molar-refractivity contribution in [3.8, 4) is 5.75 Å². The molecule has 13 heteroatoms. The third-order valence-corrected chi connectivity index (χ3v) is 6.11. The molecule has 3 rings (SSSR count). The Bertz CT molecular complexity index is 1130. The fourth-order valence-electron chi connectivity index (χ4n) is 4.01. The van der Waals surface area contributed by atoms with Gasteiger partial charge in [0.25, 0.3) is 11.8 Å². The zero-order valence-electron chi connectivity index (χ0n) is 19.0. The molecule has 2 aromatic rings. The number of hydroxylamine groups is 2. The lowest BCUT2D eigenvalue weighted by Crippen LogP contribution is -2.47. The number of nitrogens with zero attached hydrogens (tertiary/aromatic N) is 2. The van der Waals surface area contributed by atoms with Gasteiger partial charge in [-0.3, -0.25) is 14.8 Å². The van der Waals surface area contributed by atoms with E-state index in [0.717, 1.165) is 39.4 Å². The van der Waals surface area contributed by atoms with Crippen LogP contribution in [0, 0.1) is 17.6 Å². The van der Waals surface area contributed by atoms with Crippen LogP contribution in [0.1, 0.15) is 35.8 Å². The summed E-state index contributed by atoms with van der Waals surface area (Å²) in [5.41, 5.74) is -3.11. The molecule has 1 aromatic carbocycles. The Kier molecular flexibility index (Phi) is 7.04. The Morgan fingerprint density at radius 2 is 1.89 bits per heavy atom. The number of rotatable bonds is 5. The van der Waals surface area contributed by atoms with Crippen molar-refractivity contribution in [1.29, 1.82) is 0 Å². The summed E-state index contributed by atoms with van der Waals surface area (Å²) in [5.74, 6) is -7.93. The van der Waals surface area contributed by atoms with Gasteiger partial charge in [-0.2, -0.15) is 17.6 Å². The number of pyridine rings is 1. The molecular formula is C22H22F5N3O5. The summed E-state index contributed by atoms with van der Waals surface area (Å²) in [5, 5.41) is 11.9. The lowest BCUT2D eigenvalue weighted by molar-refractivity contribution is -0.272. The summed E-state index contributed by atoms with van der Waals surface area (Å²) in [6.45, 7) is 1.97. The van der Waals surface area contributed by atoms with Crippen molar-refractivity contribution in [2.45, 2.75) is 37.6 Å². The van der Waals surface area contributed by atoms with E-state index in [1.165, 1.54) is 19.1 Å². The second kappa shape index (κ2) is 9.38. The Labute approximate surface area is 196 Å². The monoisotopic (exact) mass is 503 g/mol. The number of ether oxygens (including phenoxy) is 2. The van der Waals surface area contributed by atoms with Crippen molar-refractivity contribution in [1.82, 2.24) is 10.0 Å². The van der Waals surface area contributed by atoms with Crippen molar-refractivity contribution in [3.05, 3.63) is 53.4 Å². The minimum Gasteiger partial charge on any atom is -0.493 e. The number of nitrogens with one attached hydrogen (secondary N) is 1. The summed E-state index contributed by atoms with van der Waals surface area (Å²) in [6, 6.07) is 4.21. The Balaban J connectivity index is 2.00. The summed E-state index contributed by atoms with van der Waals surface area (Å²) in [4.78, 5) is 28.6. The number of methoxy groups -OCH3 is 1. The molecule has 2 N–H and O–H groups in total. The van der Waals surface area contributed by atoms with Gasteiger partial charge < -0.3 is 14.8 Å². The molecule has 0 radical (unpaired) electrons. The molecule has 0 spiro atoms. The van der Waals surface area contributed by atoms with Crippen LogP contribution >= 0.6 is 0 Å². The largest absolute Gasteiger partial charge is 0.493 e. The van der Waals surface area contributed by atoms with Gasteiger partial charge in [-0.15, -0.1) is 0 Å². The molecule has 1 aliphatic heterocycles. The fourth-order valence-corrected chi connectivity index (χ4v) is 4.01. The maximum atomic E-state index is 14.4. The van der Waals surface area contributed by atoms with Crippen LogP contribution < -0.4 is 10.1 Å². The fraction of sp³-hybridized carbons (Fsp3) is 0.409. The van der Waals surface area contributed by atoms with Gasteiger partial charge in [0.15, 0.2) is 17.2 Å². The predicted octanol–water partition coefficient (Wildman–Crippen LogP) is 3.91. The van der Waals surface area contributed by atoms with Gasteiger partial charge in [0.1, 0.15) is 11.8 Å². The average molecular weight is 503 g/mol. The van der Waals surface area contributed by atoms with Gasteiger partial charge in [-0.25, -0.2) is 14.4 Å².